The quantitative estimate of drug-likeness (QED) is 0.357. The van der Waals surface area contributed by atoms with Crippen molar-refractivity contribution in [3.8, 4) is 11.5 Å². The molecule has 9 heteroatoms. The van der Waals surface area contributed by atoms with E-state index in [-0.39, 0.29) is 23.6 Å². The lowest BCUT2D eigenvalue weighted by Gasteiger charge is -2.12. The molecule has 0 fully saturated rings. The third kappa shape index (κ3) is 4.09. The maximum absolute atomic E-state index is 12.6. The molecule has 0 saturated carbocycles. The maximum atomic E-state index is 12.6. The van der Waals surface area contributed by atoms with Crippen LogP contribution in [-0.2, 0) is 11.3 Å². The van der Waals surface area contributed by atoms with Crippen LogP contribution in [0.4, 0.5) is 13.2 Å². The molecule has 4 rings (SSSR count). The van der Waals surface area contributed by atoms with Gasteiger partial charge < -0.3 is 19.8 Å². The number of primary amides is 1. The molecule has 6 nitrogen and oxygen atoms in total. The van der Waals surface area contributed by atoms with E-state index in [2.05, 4.69) is 4.74 Å². The Bertz CT molecular complexity index is 1360. The van der Waals surface area contributed by atoms with Gasteiger partial charge in [-0.15, -0.1) is 13.2 Å². The SMILES string of the molecule is CC(=O)Oc1cccc2c1c1c(C(N)=O)cccc1n2Cc1cccc(OC(F)(F)F)c1. The molecular formula is C23H17F3N2O4. The summed E-state index contributed by atoms with van der Waals surface area (Å²) in [5, 5.41) is 1.00. The van der Waals surface area contributed by atoms with Crippen LogP contribution in [-0.4, -0.2) is 22.8 Å². The van der Waals surface area contributed by atoms with Crippen molar-refractivity contribution in [1.29, 1.82) is 0 Å². The van der Waals surface area contributed by atoms with Crippen molar-refractivity contribution in [2.24, 2.45) is 5.73 Å². The number of hydrogen-bond acceptors (Lipinski definition) is 4. The number of rotatable bonds is 5. The molecule has 3 aromatic carbocycles. The fourth-order valence-corrected chi connectivity index (χ4v) is 3.79. The van der Waals surface area contributed by atoms with Crippen molar-refractivity contribution in [2.45, 2.75) is 19.8 Å². The summed E-state index contributed by atoms with van der Waals surface area (Å²) >= 11 is 0. The molecule has 32 heavy (non-hydrogen) atoms. The van der Waals surface area contributed by atoms with Crippen LogP contribution in [0.5, 0.6) is 11.5 Å². The van der Waals surface area contributed by atoms with E-state index in [0.717, 1.165) is 0 Å². The molecule has 164 valence electrons. The first-order valence-corrected chi connectivity index (χ1v) is 9.51. The summed E-state index contributed by atoms with van der Waals surface area (Å²) in [6, 6.07) is 15.7. The van der Waals surface area contributed by atoms with E-state index in [1.165, 1.54) is 25.1 Å². The number of ether oxygens (including phenoxy) is 2. The number of esters is 1. The first-order valence-electron chi connectivity index (χ1n) is 9.51. The van der Waals surface area contributed by atoms with E-state index in [4.69, 9.17) is 10.5 Å². The van der Waals surface area contributed by atoms with Gasteiger partial charge in [0.1, 0.15) is 11.5 Å². The van der Waals surface area contributed by atoms with Gasteiger partial charge in [0.05, 0.1) is 16.4 Å². The zero-order valence-corrected chi connectivity index (χ0v) is 16.8. The van der Waals surface area contributed by atoms with E-state index in [0.29, 0.717) is 27.4 Å². The predicted octanol–water partition coefficient (Wildman–Crippen LogP) is 4.77. The molecule has 0 aliphatic heterocycles. The van der Waals surface area contributed by atoms with Crippen molar-refractivity contribution in [3.63, 3.8) is 0 Å². The monoisotopic (exact) mass is 442 g/mol. The molecular weight excluding hydrogens is 425 g/mol. The summed E-state index contributed by atoms with van der Waals surface area (Å²) in [6.45, 7) is 1.43. The molecule has 0 unspecified atom stereocenters. The molecule has 1 amide bonds. The fourth-order valence-electron chi connectivity index (χ4n) is 3.79. The summed E-state index contributed by atoms with van der Waals surface area (Å²) in [7, 11) is 0. The molecule has 4 aromatic rings. The van der Waals surface area contributed by atoms with Gasteiger partial charge in [-0.1, -0.05) is 24.3 Å². The van der Waals surface area contributed by atoms with Crippen LogP contribution in [0, 0.1) is 0 Å². The first-order chi connectivity index (χ1) is 15.1. The second-order valence-electron chi connectivity index (χ2n) is 7.09. The van der Waals surface area contributed by atoms with Gasteiger partial charge in [0, 0.05) is 24.4 Å². The molecule has 0 atom stereocenters. The number of alkyl halides is 3. The van der Waals surface area contributed by atoms with Crippen LogP contribution >= 0.6 is 0 Å². The van der Waals surface area contributed by atoms with E-state index in [1.807, 2.05) is 4.57 Å². The van der Waals surface area contributed by atoms with Gasteiger partial charge in [-0.2, -0.15) is 0 Å². The lowest BCUT2D eigenvalue weighted by molar-refractivity contribution is -0.274. The van der Waals surface area contributed by atoms with E-state index in [9.17, 15) is 22.8 Å². The Morgan fingerprint density at radius 3 is 2.28 bits per heavy atom. The Balaban J connectivity index is 1.94. The topological polar surface area (TPSA) is 83.5 Å². The van der Waals surface area contributed by atoms with Gasteiger partial charge >= 0.3 is 12.3 Å². The number of carbonyl (C=O) groups is 2. The lowest BCUT2D eigenvalue weighted by Crippen LogP contribution is -2.17. The third-order valence-electron chi connectivity index (χ3n) is 4.87. The van der Waals surface area contributed by atoms with Crippen LogP contribution in [0.15, 0.2) is 60.7 Å². The maximum Gasteiger partial charge on any atom is 0.573 e. The van der Waals surface area contributed by atoms with Crippen molar-refractivity contribution in [3.05, 3.63) is 71.8 Å². The van der Waals surface area contributed by atoms with Gasteiger partial charge in [0.2, 0.25) is 5.91 Å². The van der Waals surface area contributed by atoms with Gasteiger partial charge in [0.15, 0.2) is 0 Å². The smallest absolute Gasteiger partial charge is 0.426 e. The Hall–Kier alpha value is -4.01. The zero-order valence-electron chi connectivity index (χ0n) is 16.8. The molecule has 0 bridgehead atoms. The molecule has 0 aliphatic carbocycles. The highest BCUT2D eigenvalue weighted by molar-refractivity contribution is 6.20. The molecule has 2 N–H and O–H groups in total. The Morgan fingerprint density at radius 2 is 1.62 bits per heavy atom. The van der Waals surface area contributed by atoms with Gasteiger partial charge in [-0.3, -0.25) is 9.59 Å². The summed E-state index contributed by atoms with van der Waals surface area (Å²) in [4.78, 5) is 23.8. The molecule has 0 saturated heterocycles. The van der Waals surface area contributed by atoms with Crippen LogP contribution in [0.1, 0.15) is 22.8 Å². The van der Waals surface area contributed by atoms with Gasteiger partial charge in [-0.25, -0.2) is 0 Å². The highest BCUT2D eigenvalue weighted by atomic mass is 19.4. The number of benzene rings is 3. The van der Waals surface area contributed by atoms with Crippen LogP contribution in [0.3, 0.4) is 0 Å². The highest BCUT2D eigenvalue weighted by Crippen LogP contribution is 2.38. The normalized spacial score (nSPS) is 11.6. The molecule has 0 aliphatic rings. The van der Waals surface area contributed by atoms with Crippen molar-refractivity contribution in [1.82, 2.24) is 4.57 Å². The number of carbonyl (C=O) groups excluding carboxylic acids is 2. The van der Waals surface area contributed by atoms with E-state index < -0.39 is 18.2 Å². The fraction of sp³-hybridized carbons (Fsp3) is 0.130. The largest absolute Gasteiger partial charge is 0.573 e. The van der Waals surface area contributed by atoms with Crippen LogP contribution in [0.2, 0.25) is 0 Å². The van der Waals surface area contributed by atoms with E-state index in [1.54, 1.807) is 42.5 Å². The molecule has 0 radical (unpaired) electrons. The Labute approximate surface area is 179 Å². The molecule has 0 spiro atoms. The van der Waals surface area contributed by atoms with Crippen molar-refractivity contribution < 1.29 is 32.2 Å². The minimum Gasteiger partial charge on any atom is -0.426 e. The van der Waals surface area contributed by atoms with E-state index >= 15 is 0 Å². The highest BCUT2D eigenvalue weighted by Gasteiger charge is 2.31. The second-order valence-corrected chi connectivity index (χ2v) is 7.09. The summed E-state index contributed by atoms with van der Waals surface area (Å²) in [5.74, 6) is -1.28. The number of hydrogen-bond donors (Lipinski definition) is 1. The predicted molar refractivity (Wildman–Crippen MR) is 111 cm³/mol. The molecule has 1 heterocycles. The van der Waals surface area contributed by atoms with Gasteiger partial charge in [0.25, 0.3) is 0 Å². The van der Waals surface area contributed by atoms with Crippen molar-refractivity contribution in [2.75, 3.05) is 0 Å². The van der Waals surface area contributed by atoms with Crippen molar-refractivity contribution >= 4 is 33.7 Å². The zero-order chi connectivity index (χ0) is 23.0. The summed E-state index contributed by atoms with van der Waals surface area (Å²) < 4.78 is 49.1. The lowest BCUT2D eigenvalue weighted by atomic mass is 10.1. The minimum absolute atomic E-state index is 0.167. The average Bonchev–Trinajstić information content (AvgIpc) is 3.01. The summed E-state index contributed by atoms with van der Waals surface area (Å²) in [6.07, 6.45) is -4.80. The average molecular weight is 442 g/mol. The number of nitrogens with zero attached hydrogens (tertiary/aromatic N) is 1. The van der Waals surface area contributed by atoms with Crippen LogP contribution < -0.4 is 15.2 Å². The number of fused-ring (bicyclic) bond motifs is 3. The standard InChI is InChI=1S/C23H17F3N2O4/c1-13(29)31-19-10-4-9-18-21(19)20-16(22(27)30)7-3-8-17(20)28(18)12-14-5-2-6-15(11-14)32-23(24,25)26/h2-11H,12H2,1H3,(H2,27,30). The van der Waals surface area contributed by atoms with Crippen LogP contribution in [0.25, 0.3) is 21.8 Å². The summed E-state index contributed by atoms with van der Waals surface area (Å²) in [5.41, 5.74) is 7.58. The number of halogens is 3. The third-order valence-corrected chi connectivity index (χ3v) is 4.87. The molecule has 1 aromatic heterocycles. The number of amides is 1. The number of nitrogens with two attached hydrogens (primary N) is 1. The Morgan fingerprint density at radius 1 is 0.969 bits per heavy atom. The minimum atomic E-state index is -4.80. The van der Waals surface area contributed by atoms with Gasteiger partial charge in [-0.05, 0) is 42.0 Å². The number of aromatic nitrogens is 1. The second kappa shape index (κ2) is 7.92. The Kier molecular flexibility index (Phi) is 5.25. The first kappa shape index (κ1) is 21.2.